The summed E-state index contributed by atoms with van der Waals surface area (Å²) in [5.74, 6) is 0.595. The molecule has 9 heteroatoms. The molecule has 196 valence electrons. The number of para-hydroxylation sites is 1. The lowest BCUT2D eigenvalue weighted by molar-refractivity contribution is 0.0803. The summed E-state index contributed by atoms with van der Waals surface area (Å²) in [7, 11) is -3.17. The van der Waals surface area contributed by atoms with Gasteiger partial charge < -0.3 is 18.6 Å². The monoisotopic (exact) mass is 522 g/mol. The minimum atomic E-state index is -3.17. The summed E-state index contributed by atoms with van der Waals surface area (Å²) in [4.78, 5) is 13.0. The summed E-state index contributed by atoms with van der Waals surface area (Å²) >= 11 is 0. The van der Waals surface area contributed by atoms with Gasteiger partial charge in [-0.1, -0.05) is 49.4 Å². The Labute approximate surface area is 218 Å². The Kier molecular flexibility index (Phi) is 9.09. The Morgan fingerprint density at radius 2 is 1.73 bits per heavy atom. The van der Waals surface area contributed by atoms with Crippen molar-refractivity contribution in [1.82, 2.24) is 19.5 Å². The van der Waals surface area contributed by atoms with E-state index in [4.69, 9.17) is 14.0 Å². The van der Waals surface area contributed by atoms with Gasteiger partial charge in [-0.25, -0.2) is 15.0 Å². The number of nitrogens with zero attached hydrogens (tertiary/aromatic N) is 4. The number of benzene rings is 2. The molecule has 0 aliphatic heterocycles. The van der Waals surface area contributed by atoms with Crippen LogP contribution >= 0.6 is 7.37 Å². The van der Waals surface area contributed by atoms with Gasteiger partial charge in [-0.15, -0.1) is 0 Å². The van der Waals surface area contributed by atoms with E-state index < -0.39 is 7.37 Å². The molecule has 37 heavy (non-hydrogen) atoms. The predicted octanol–water partition coefficient (Wildman–Crippen LogP) is 6.02. The zero-order valence-electron chi connectivity index (χ0n) is 21.9. The largest absolute Gasteiger partial charge is 0.441 e. The van der Waals surface area contributed by atoms with Crippen LogP contribution in [-0.2, 0) is 27.2 Å². The Morgan fingerprint density at radius 1 is 0.973 bits per heavy atom. The fourth-order valence-electron chi connectivity index (χ4n) is 4.16. The lowest BCUT2D eigenvalue weighted by atomic mass is 10.1. The quantitative estimate of drug-likeness (QED) is 0.199. The standard InChI is InChI=1S/C28H35N4O4P/c1-21(15-34-16-25-11-9-8-10-22(25)2)17-37(33,36-26-12-6-5-7-13-26)20-35-23(3)14-32-19-31-27-24(4)29-18-30-28(27)32/h5-13,18-19,21,23H,14-17,20H2,1-4H3/t21-,23+,37?/m0/s1. The van der Waals surface area contributed by atoms with Gasteiger partial charge in [-0.2, -0.15) is 0 Å². The molecule has 8 nitrogen and oxygen atoms in total. The van der Waals surface area contributed by atoms with E-state index in [9.17, 15) is 4.57 Å². The number of aryl methyl sites for hydroxylation is 2. The summed E-state index contributed by atoms with van der Waals surface area (Å²) in [5, 5.41) is 0. The molecule has 3 atom stereocenters. The second kappa shape index (κ2) is 12.5. The van der Waals surface area contributed by atoms with Crippen molar-refractivity contribution in [2.75, 3.05) is 19.1 Å². The van der Waals surface area contributed by atoms with Crippen molar-refractivity contribution in [1.29, 1.82) is 0 Å². The van der Waals surface area contributed by atoms with Crippen LogP contribution in [0, 0.1) is 19.8 Å². The molecule has 1 unspecified atom stereocenters. The SMILES string of the molecule is Cc1ccccc1COC[C@H](C)CP(=O)(CO[C@H](C)Cn1cnc2c(C)ncnc21)Oc1ccccc1. The smallest absolute Gasteiger partial charge is 0.273 e. The van der Waals surface area contributed by atoms with Crippen LogP contribution in [0.1, 0.15) is 30.7 Å². The molecule has 2 aromatic heterocycles. The van der Waals surface area contributed by atoms with Crippen molar-refractivity contribution >= 4 is 18.5 Å². The number of hydrogen-bond acceptors (Lipinski definition) is 7. The van der Waals surface area contributed by atoms with Crippen molar-refractivity contribution < 1.29 is 18.6 Å². The van der Waals surface area contributed by atoms with E-state index in [1.807, 2.05) is 67.8 Å². The number of aromatic nitrogens is 4. The van der Waals surface area contributed by atoms with Gasteiger partial charge in [-0.05, 0) is 49.9 Å². The molecule has 0 bridgehead atoms. The Bertz CT molecular complexity index is 1340. The predicted molar refractivity (Wildman–Crippen MR) is 145 cm³/mol. The second-order valence-corrected chi connectivity index (χ2v) is 12.0. The average Bonchev–Trinajstić information content (AvgIpc) is 3.28. The molecular weight excluding hydrogens is 487 g/mol. The molecule has 2 aromatic carbocycles. The van der Waals surface area contributed by atoms with Gasteiger partial charge in [0, 0.05) is 6.16 Å². The molecule has 0 N–H and O–H groups in total. The summed E-state index contributed by atoms with van der Waals surface area (Å²) in [5.41, 5.74) is 4.71. The lowest BCUT2D eigenvalue weighted by Gasteiger charge is -2.24. The normalized spacial score (nSPS) is 14.8. The van der Waals surface area contributed by atoms with Crippen LogP contribution in [0.5, 0.6) is 5.75 Å². The van der Waals surface area contributed by atoms with Crippen molar-refractivity contribution in [3.63, 3.8) is 0 Å². The van der Waals surface area contributed by atoms with Crippen molar-refractivity contribution in [3.05, 3.63) is 84.1 Å². The second-order valence-electron chi connectivity index (χ2n) is 9.58. The first-order valence-electron chi connectivity index (χ1n) is 12.5. The Hall–Kier alpha value is -3.06. The fraction of sp³-hybridized carbons (Fsp3) is 0.393. The highest BCUT2D eigenvalue weighted by atomic mass is 31.2. The van der Waals surface area contributed by atoms with Crippen LogP contribution in [0.3, 0.4) is 0 Å². The molecule has 0 aliphatic rings. The molecule has 0 aliphatic carbocycles. The lowest BCUT2D eigenvalue weighted by Crippen LogP contribution is -2.21. The van der Waals surface area contributed by atoms with E-state index in [-0.39, 0.29) is 18.4 Å². The van der Waals surface area contributed by atoms with Crippen molar-refractivity contribution in [2.24, 2.45) is 5.92 Å². The summed E-state index contributed by atoms with van der Waals surface area (Å²) in [6.45, 7) is 9.48. The van der Waals surface area contributed by atoms with Crippen LogP contribution in [0.4, 0.5) is 0 Å². The van der Waals surface area contributed by atoms with Gasteiger partial charge in [0.25, 0.3) is 7.37 Å². The third-order valence-electron chi connectivity index (χ3n) is 6.12. The highest BCUT2D eigenvalue weighted by Crippen LogP contribution is 2.49. The Morgan fingerprint density at radius 3 is 2.51 bits per heavy atom. The summed E-state index contributed by atoms with van der Waals surface area (Å²) < 4.78 is 34.1. The van der Waals surface area contributed by atoms with Crippen molar-refractivity contribution in [2.45, 2.75) is 47.0 Å². The van der Waals surface area contributed by atoms with Crippen LogP contribution in [-0.4, -0.2) is 44.7 Å². The number of fused-ring (bicyclic) bond motifs is 1. The zero-order chi connectivity index (χ0) is 26.3. The first-order valence-corrected chi connectivity index (χ1v) is 14.5. The maximum absolute atomic E-state index is 14.0. The maximum atomic E-state index is 14.0. The van der Waals surface area contributed by atoms with Crippen molar-refractivity contribution in [3.8, 4) is 5.75 Å². The molecule has 4 aromatic rings. The van der Waals surface area contributed by atoms with Gasteiger partial charge >= 0.3 is 0 Å². The van der Waals surface area contributed by atoms with E-state index in [2.05, 4.69) is 34.0 Å². The molecule has 0 saturated carbocycles. The van der Waals surface area contributed by atoms with Crippen LogP contribution in [0.15, 0.2) is 67.3 Å². The van der Waals surface area contributed by atoms with Crippen LogP contribution in [0.2, 0.25) is 0 Å². The van der Waals surface area contributed by atoms with Gasteiger partial charge in [0.1, 0.15) is 23.9 Å². The third kappa shape index (κ3) is 7.48. The molecule has 2 heterocycles. The van der Waals surface area contributed by atoms with E-state index in [0.717, 1.165) is 22.4 Å². The molecule has 0 spiro atoms. The highest BCUT2D eigenvalue weighted by Gasteiger charge is 2.29. The fourth-order valence-corrected chi connectivity index (χ4v) is 6.44. The Balaban J connectivity index is 1.37. The number of imidazole rings is 1. The number of rotatable bonds is 13. The minimum absolute atomic E-state index is 0.00579. The molecule has 4 rings (SSSR count). The number of hydrogen-bond donors (Lipinski definition) is 0. The number of ether oxygens (including phenoxy) is 2. The highest BCUT2D eigenvalue weighted by molar-refractivity contribution is 7.59. The van der Waals surface area contributed by atoms with Gasteiger partial charge in [-0.3, -0.25) is 4.57 Å². The van der Waals surface area contributed by atoms with Gasteiger partial charge in [0.05, 0.1) is 37.9 Å². The van der Waals surface area contributed by atoms with Crippen LogP contribution < -0.4 is 4.52 Å². The topological polar surface area (TPSA) is 88.4 Å². The first-order chi connectivity index (χ1) is 17.8. The summed E-state index contributed by atoms with van der Waals surface area (Å²) in [6.07, 6.45) is 3.40. The van der Waals surface area contributed by atoms with E-state index >= 15 is 0 Å². The average molecular weight is 523 g/mol. The molecule has 0 fully saturated rings. The third-order valence-corrected chi connectivity index (χ3v) is 8.39. The van der Waals surface area contributed by atoms with Gasteiger partial charge in [0.2, 0.25) is 0 Å². The maximum Gasteiger partial charge on any atom is 0.273 e. The van der Waals surface area contributed by atoms with Gasteiger partial charge in [0.15, 0.2) is 5.65 Å². The zero-order valence-corrected chi connectivity index (χ0v) is 22.8. The van der Waals surface area contributed by atoms with E-state index in [1.54, 1.807) is 6.33 Å². The molecule has 0 radical (unpaired) electrons. The minimum Gasteiger partial charge on any atom is -0.441 e. The summed E-state index contributed by atoms with van der Waals surface area (Å²) in [6, 6.07) is 17.4. The first kappa shape index (κ1) is 27.0. The molecule has 0 saturated heterocycles. The molecular formula is C28H35N4O4P. The molecule has 0 amide bonds. The van der Waals surface area contributed by atoms with Crippen LogP contribution in [0.25, 0.3) is 11.2 Å². The van der Waals surface area contributed by atoms with E-state index in [0.29, 0.717) is 31.7 Å². The van der Waals surface area contributed by atoms with E-state index in [1.165, 1.54) is 11.9 Å².